The SMILES string of the molecule is COc1ccc(CCC(=O)N(c2nc(-c3ccc(C)cc3)cs2)c2cc(C)ccc2C)cc1OC. The predicted molar refractivity (Wildman–Crippen MR) is 143 cm³/mol. The topological polar surface area (TPSA) is 51.7 Å². The van der Waals surface area contributed by atoms with Crippen molar-refractivity contribution in [2.24, 2.45) is 0 Å². The summed E-state index contributed by atoms with van der Waals surface area (Å²) in [5, 5.41) is 2.69. The molecule has 0 aliphatic carbocycles. The highest BCUT2D eigenvalue weighted by atomic mass is 32.1. The molecule has 0 N–H and O–H groups in total. The Morgan fingerprint density at radius 2 is 1.60 bits per heavy atom. The Morgan fingerprint density at radius 1 is 0.886 bits per heavy atom. The van der Waals surface area contributed by atoms with E-state index in [1.54, 1.807) is 19.1 Å². The molecule has 1 aromatic heterocycles. The summed E-state index contributed by atoms with van der Waals surface area (Å²) in [6.07, 6.45) is 0.916. The second-order valence-electron chi connectivity index (χ2n) is 8.59. The van der Waals surface area contributed by atoms with Crippen molar-refractivity contribution in [1.82, 2.24) is 4.98 Å². The van der Waals surface area contributed by atoms with Gasteiger partial charge in [0.15, 0.2) is 16.6 Å². The lowest BCUT2D eigenvalue weighted by Gasteiger charge is -2.23. The van der Waals surface area contributed by atoms with E-state index in [-0.39, 0.29) is 5.91 Å². The van der Waals surface area contributed by atoms with Crippen LogP contribution < -0.4 is 14.4 Å². The van der Waals surface area contributed by atoms with Crippen LogP contribution in [0.4, 0.5) is 10.8 Å². The van der Waals surface area contributed by atoms with E-state index in [1.807, 2.05) is 43.5 Å². The molecule has 5 nitrogen and oxygen atoms in total. The van der Waals surface area contributed by atoms with Crippen molar-refractivity contribution in [3.05, 3.63) is 88.3 Å². The van der Waals surface area contributed by atoms with Gasteiger partial charge in [-0.25, -0.2) is 4.98 Å². The van der Waals surface area contributed by atoms with E-state index >= 15 is 0 Å². The molecule has 0 radical (unpaired) electrons. The maximum Gasteiger partial charge on any atom is 0.233 e. The van der Waals surface area contributed by atoms with E-state index in [0.29, 0.717) is 29.5 Å². The third kappa shape index (κ3) is 5.54. The quantitative estimate of drug-likeness (QED) is 0.268. The number of hydrogen-bond donors (Lipinski definition) is 0. The summed E-state index contributed by atoms with van der Waals surface area (Å²) >= 11 is 1.48. The monoisotopic (exact) mass is 486 g/mol. The van der Waals surface area contributed by atoms with E-state index in [4.69, 9.17) is 14.5 Å². The fourth-order valence-electron chi connectivity index (χ4n) is 3.93. The van der Waals surface area contributed by atoms with Crippen LogP contribution >= 0.6 is 11.3 Å². The van der Waals surface area contributed by atoms with E-state index in [2.05, 4.69) is 43.3 Å². The smallest absolute Gasteiger partial charge is 0.233 e. The molecule has 4 aromatic rings. The number of thiazole rings is 1. The summed E-state index contributed by atoms with van der Waals surface area (Å²) in [7, 11) is 3.23. The second-order valence-corrected chi connectivity index (χ2v) is 9.43. The summed E-state index contributed by atoms with van der Waals surface area (Å²) in [5.41, 5.74) is 7.11. The van der Waals surface area contributed by atoms with Crippen molar-refractivity contribution >= 4 is 28.1 Å². The van der Waals surface area contributed by atoms with Gasteiger partial charge in [-0.2, -0.15) is 0 Å². The van der Waals surface area contributed by atoms with Crippen LogP contribution in [-0.2, 0) is 11.2 Å². The van der Waals surface area contributed by atoms with Gasteiger partial charge < -0.3 is 9.47 Å². The molecule has 3 aromatic carbocycles. The van der Waals surface area contributed by atoms with Crippen LogP contribution in [0.15, 0.2) is 66.0 Å². The van der Waals surface area contributed by atoms with E-state index in [9.17, 15) is 4.79 Å². The first-order valence-corrected chi connectivity index (χ1v) is 12.4. The number of amides is 1. The fourth-order valence-corrected chi connectivity index (χ4v) is 4.79. The Morgan fingerprint density at radius 3 is 2.31 bits per heavy atom. The average molecular weight is 487 g/mol. The average Bonchev–Trinajstić information content (AvgIpc) is 3.35. The molecule has 6 heteroatoms. The third-order valence-electron chi connectivity index (χ3n) is 5.96. The van der Waals surface area contributed by atoms with E-state index < -0.39 is 0 Å². The van der Waals surface area contributed by atoms with Crippen LogP contribution in [0.1, 0.15) is 28.7 Å². The number of aromatic nitrogens is 1. The minimum atomic E-state index is -0.00158. The minimum Gasteiger partial charge on any atom is -0.493 e. The molecule has 0 aliphatic heterocycles. The van der Waals surface area contributed by atoms with Gasteiger partial charge in [0.2, 0.25) is 5.91 Å². The van der Waals surface area contributed by atoms with Crippen molar-refractivity contribution in [2.75, 3.05) is 19.1 Å². The number of nitrogens with zero attached hydrogens (tertiary/aromatic N) is 2. The van der Waals surface area contributed by atoms with Gasteiger partial charge in [0.05, 0.1) is 25.6 Å². The molecule has 0 atom stereocenters. The van der Waals surface area contributed by atoms with Crippen LogP contribution in [0.2, 0.25) is 0 Å². The predicted octanol–water partition coefficient (Wildman–Crippen LogP) is 7.05. The molecular formula is C29H30N2O3S. The maximum absolute atomic E-state index is 13.7. The molecule has 0 aliphatic rings. The van der Waals surface area contributed by atoms with Crippen LogP contribution in [0.5, 0.6) is 11.5 Å². The van der Waals surface area contributed by atoms with Crippen molar-refractivity contribution in [2.45, 2.75) is 33.6 Å². The Kier molecular flexibility index (Phi) is 7.51. The van der Waals surface area contributed by atoms with Gasteiger partial charge in [-0.05, 0) is 62.1 Å². The van der Waals surface area contributed by atoms with Crippen LogP contribution in [-0.4, -0.2) is 25.1 Å². The Bertz CT molecular complexity index is 1330. The Labute approximate surface area is 211 Å². The minimum absolute atomic E-state index is 0.00158. The summed E-state index contributed by atoms with van der Waals surface area (Å²) in [4.78, 5) is 20.3. The summed E-state index contributed by atoms with van der Waals surface area (Å²) in [5.74, 6) is 1.33. The number of benzene rings is 3. The number of carbonyl (C=O) groups excluding carboxylic acids is 1. The zero-order valence-corrected chi connectivity index (χ0v) is 21.6. The van der Waals surface area contributed by atoms with Gasteiger partial charge in [0.1, 0.15) is 0 Å². The van der Waals surface area contributed by atoms with E-state index in [0.717, 1.165) is 33.6 Å². The molecule has 0 bridgehead atoms. The van der Waals surface area contributed by atoms with Crippen LogP contribution in [0, 0.1) is 20.8 Å². The Balaban J connectivity index is 1.64. The standard InChI is InChI=1S/C29H30N2O3S/c1-19-7-12-23(13-8-19)24-18-35-29(30-24)31(25-16-20(2)6-9-21(25)3)28(32)15-11-22-10-14-26(33-4)27(17-22)34-5/h6-10,12-14,16-18H,11,15H2,1-5H3. The van der Waals surface area contributed by atoms with Gasteiger partial charge in [0, 0.05) is 17.4 Å². The van der Waals surface area contributed by atoms with Gasteiger partial charge in [-0.1, -0.05) is 48.0 Å². The van der Waals surface area contributed by atoms with Crippen molar-refractivity contribution in [3.63, 3.8) is 0 Å². The first kappa shape index (κ1) is 24.5. The number of anilines is 2. The molecule has 1 heterocycles. The molecule has 0 unspecified atom stereocenters. The van der Waals surface area contributed by atoms with Crippen molar-refractivity contribution in [1.29, 1.82) is 0 Å². The zero-order chi connectivity index (χ0) is 24.9. The molecule has 35 heavy (non-hydrogen) atoms. The number of ether oxygens (including phenoxy) is 2. The first-order valence-electron chi connectivity index (χ1n) is 11.5. The highest BCUT2D eigenvalue weighted by Gasteiger charge is 2.23. The van der Waals surface area contributed by atoms with Crippen LogP contribution in [0.25, 0.3) is 11.3 Å². The number of aryl methyl sites for hydroxylation is 4. The van der Waals surface area contributed by atoms with Crippen molar-refractivity contribution in [3.8, 4) is 22.8 Å². The number of methoxy groups -OCH3 is 2. The number of carbonyl (C=O) groups is 1. The molecule has 180 valence electrons. The number of rotatable bonds is 8. The molecule has 4 rings (SSSR count). The molecule has 1 amide bonds. The maximum atomic E-state index is 13.7. The summed E-state index contributed by atoms with van der Waals surface area (Å²) in [6.45, 7) is 6.13. The van der Waals surface area contributed by atoms with E-state index in [1.165, 1.54) is 16.9 Å². The van der Waals surface area contributed by atoms with Gasteiger partial charge in [-0.15, -0.1) is 11.3 Å². The zero-order valence-electron chi connectivity index (χ0n) is 20.8. The van der Waals surface area contributed by atoms with Crippen molar-refractivity contribution < 1.29 is 14.3 Å². The lowest BCUT2D eigenvalue weighted by Crippen LogP contribution is -2.27. The lowest BCUT2D eigenvalue weighted by molar-refractivity contribution is -0.117. The molecule has 0 saturated heterocycles. The molecule has 0 fully saturated rings. The lowest BCUT2D eigenvalue weighted by atomic mass is 10.1. The highest BCUT2D eigenvalue weighted by Crippen LogP contribution is 2.35. The summed E-state index contributed by atoms with van der Waals surface area (Å²) in [6, 6.07) is 20.2. The molecule has 0 saturated carbocycles. The second kappa shape index (κ2) is 10.7. The highest BCUT2D eigenvalue weighted by molar-refractivity contribution is 7.14. The number of hydrogen-bond acceptors (Lipinski definition) is 5. The molecule has 0 spiro atoms. The Hall–Kier alpha value is -3.64. The van der Waals surface area contributed by atoms with Gasteiger partial charge >= 0.3 is 0 Å². The third-order valence-corrected chi connectivity index (χ3v) is 6.79. The van der Waals surface area contributed by atoms with Gasteiger partial charge in [-0.3, -0.25) is 9.69 Å². The van der Waals surface area contributed by atoms with Crippen LogP contribution in [0.3, 0.4) is 0 Å². The first-order chi connectivity index (χ1) is 16.9. The largest absolute Gasteiger partial charge is 0.493 e. The fraction of sp³-hybridized carbons (Fsp3) is 0.241. The van der Waals surface area contributed by atoms with Gasteiger partial charge in [0.25, 0.3) is 0 Å². The summed E-state index contributed by atoms with van der Waals surface area (Å²) < 4.78 is 10.8. The normalized spacial score (nSPS) is 10.8. The molecular weight excluding hydrogens is 456 g/mol.